The number of aromatic nitrogens is 2. The lowest BCUT2D eigenvalue weighted by Gasteiger charge is -2.19. The number of benzene rings is 2. The summed E-state index contributed by atoms with van der Waals surface area (Å²) in [5.74, 6) is -1.01. The van der Waals surface area contributed by atoms with Crippen molar-refractivity contribution in [3.05, 3.63) is 77.0 Å². The minimum absolute atomic E-state index is 0.0458. The first kappa shape index (κ1) is 21.1. The molecule has 0 aliphatic carbocycles. The molecule has 4 N–H and O–H groups in total. The van der Waals surface area contributed by atoms with Crippen LogP contribution in [0.15, 0.2) is 54.7 Å². The van der Waals surface area contributed by atoms with Crippen LogP contribution in [-0.4, -0.2) is 15.9 Å². The third-order valence-corrected chi connectivity index (χ3v) is 4.52. The molecule has 1 atom stereocenters. The average Bonchev–Trinajstić information content (AvgIpc) is 2.69. The standard InChI is InChI=1S/C21H20F3N5O/c1-12-8-9-15(18(25)30)10-17(12)28-20-26-11-16(21(22,23)24)19(29-20)27-13(2)14-6-4-3-5-7-14/h3-11,13H,1-2H3,(H2,25,30)(H2,26,27,28,29). The normalized spacial score (nSPS) is 12.3. The summed E-state index contributed by atoms with van der Waals surface area (Å²) in [5, 5.41) is 5.68. The molecule has 0 saturated carbocycles. The second-order valence-corrected chi connectivity index (χ2v) is 6.75. The highest BCUT2D eigenvalue weighted by Gasteiger charge is 2.35. The van der Waals surface area contributed by atoms with Crippen LogP contribution in [0, 0.1) is 6.92 Å². The van der Waals surface area contributed by atoms with E-state index in [1.807, 2.05) is 18.2 Å². The van der Waals surface area contributed by atoms with Gasteiger partial charge in [0.1, 0.15) is 11.4 Å². The Hall–Kier alpha value is -3.62. The largest absolute Gasteiger partial charge is 0.421 e. The summed E-state index contributed by atoms with van der Waals surface area (Å²) in [6.45, 7) is 3.51. The Morgan fingerprint density at radius 1 is 1.13 bits per heavy atom. The molecule has 3 rings (SSSR count). The number of halogens is 3. The molecule has 1 heterocycles. The lowest BCUT2D eigenvalue weighted by atomic mass is 10.1. The van der Waals surface area contributed by atoms with Gasteiger partial charge in [-0.3, -0.25) is 4.79 Å². The van der Waals surface area contributed by atoms with E-state index in [1.165, 1.54) is 6.07 Å². The molecule has 0 spiro atoms. The number of carbonyl (C=O) groups excluding carboxylic acids is 1. The van der Waals surface area contributed by atoms with Gasteiger partial charge in [0.2, 0.25) is 11.9 Å². The monoisotopic (exact) mass is 415 g/mol. The van der Waals surface area contributed by atoms with Crippen molar-refractivity contribution in [2.75, 3.05) is 10.6 Å². The van der Waals surface area contributed by atoms with E-state index in [9.17, 15) is 18.0 Å². The first-order valence-electron chi connectivity index (χ1n) is 9.08. The first-order chi connectivity index (χ1) is 14.1. The number of anilines is 3. The Morgan fingerprint density at radius 2 is 1.83 bits per heavy atom. The summed E-state index contributed by atoms with van der Waals surface area (Å²) in [5.41, 5.74) is 6.60. The van der Waals surface area contributed by atoms with Gasteiger partial charge in [0, 0.05) is 23.5 Å². The molecule has 0 radical (unpaired) electrons. The predicted molar refractivity (Wildman–Crippen MR) is 108 cm³/mol. The van der Waals surface area contributed by atoms with E-state index in [-0.39, 0.29) is 17.3 Å². The SMILES string of the molecule is Cc1ccc(C(N)=O)cc1Nc1ncc(C(F)(F)F)c(NC(C)c2ccccc2)n1. The minimum atomic E-state index is -4.63. The van der Waals surface area contributed by atoms with Gasteiger partial charge in [0.25, 0.3) is 0 Å². The average molecular weight is 415 g/mol. The molecule has 0 saturated heterocycles. The van der Waals surface area contributed by atoms with Crippen LogP contribution < -0.4 is 16.4 Å². The third kappa shape index (κ3) is 4.86. The maximum Gasteiger partial charge on any atom is 0.421 e. The van der Waals surface area contributed by atoms with Crippen molar-refractivity contribution in [3.8, 4) is 0 Å². The number of hydrogen-bond acceptors (Lipinski definition) is 5. The zero-order valence-corrected chi connectivity index (χ0v) is 16.3. The number of hydrogen-bond donors (Lipinski definition) is 3. The van der Waals surface area contributed by atoms with Gasteiger partial charge in [-0.1, -0.05) is 36.4 Å². The van der Waals surface area contributed by atoms with Gasteiger partial charge in [-0.2, -0.15) is 18.2 Å². The predicted octanol–water partition coefficient (Wildman–Crippen LogP) is 4.82. The van der Waals surface area contributed by atoms with Crippen LogP contribution >= 0.6 is 0 Å². The molecule has 3 aromatic rings. The molecule has 1 unspecified atom stereocenters. The van der Waals surface area contributed by atoms with Crippen molar-refractivity contribution in [2.24, 2.45) is 5.73 Å². The quantitative estimate of drug-likeness (QED) is 0.537. The van der Waals surface area contributed by atoms with Crippen LogP contribution in [0.2, 0.25) is 0 Å². The van der Waals surface area contributed by atoms with Crippen LogP contribution in [0.4, 0.5) is 30.6 Å². The molecule has 0 aliphatic rings. The van der Waals surface area contributed by atoms with Gasteiger partial charge in [-0.15, -0.1) is 0 Å². The van der Waals surface area contributed by atoms with Gasteiger partial charge in [0.05, 0.1) is 0 Å². The number of primary amides is 1. The fourth-order valence-electron chi connectivity index (χ4n) is 2.82. The maximum atomic E-state index is 13.5. The van der Waals surface area contributed by atoms with E-state index in [2.05, 4.69) is 20.6 Å². The lowest BCUT2D eigenvalue weighted by molar-refractivity contribution is -0.137. The fourth-order valence-corrected chi connectivity index (χ4v) is 2.82. The molecule has 1 amide bonds. The molecular weight excluding hydrogens is 395 g/mol. The maximum absolute atomic E-state index is 13.5. The Morgan fingerprint density at radius 3 is 2.47 bits per heavy atom. The number of nitrogens with two attached hydrogens (primary N) is 1. The van der Waals surface area contributed by atoms with Gasteiger partial charge in [-0.25, -0.2) is 4.98 Å². The summed E-state index contributed by atoms with van der Waals surface area (Å²) in [7, 11) is 0. The van der Waals surface area contributed by atoms with Gasteiger partial charge < -0.3 is 16.4 Å². The zero-order chi connectivity index (χ0) is 21.9. The number of aryl methyl sites for hydroxylation is 1. The molecular formula is C21H20F3N5O. The minimum Gasteiger partial charge on any atom is -0.366 e. The number of rotatable bonds is 6. The van der Waals surface area contributed by atoms with Crippen LogP contribution in [0.25, 0.3) is 0 Å². The highest BCUT2D eigenvalue weighted by Crippen LogP contribution is 2.35. The summed E-state index contributed by atoms with van der Waals surface area (Å²) >= 11 is 0. The van der Waals surface area contributed by atoms with Crippen molar-refractivity contribution in [1.82, 2.24) is 9.97 Å². The van der Waals surface area contributed by atoms with Crippen LogP contribution in [-0.2, 0) is 6.18 Å². The topological polar surface area (TPSA) is 92.9 Å². The smallest absolute Gasteiger partial charge is 0.366 e. The van der Waals surface area contributed by atoms with Gasteiger partial charge in [0.15, 0.2) is 0 Å². The Balaban J connectivity index is 1.95. The summed E-state index contributed by atoms with van der Waals surface area (Å²) in [6, 6.07) is 13.4. The van der Waals surface area contributed by atoms with Crippen molar-refractivity contribution >= 4 is 23.4 Å². The molecule has 9 heteroatoms. The van der Waals surface area contributed by atoms with Crippen LogP contribution in [0.3, 0.4) is 0 Å². The Kier molecular flexibility index (Phi) is 5.91. The van der Waals surface area contributed by atoms with Crippen molar-refractivity contribution < 1.29 is 18.0 Å². The lowest BCUT2D eigenvalue weighted by Crippen LogP contribution is -2.17. The fraction of sp³-hybridized carbons (Fsp3) is 0.190. The summed E-state index contributed by atoms with van der Waals surface area (Å²) in [4.78, 5) is 19.3. The second-order valence-electron chi connectivity index (χ2n) is 6.75. The van der Waals surface area contributed by atoms with Gasteiger partial charge in [-0.05, 0) is 37.1 Å². The molecule has 6 nitrogen and oxygen atoms in total. The molecule has 156 valence electrons. The zero-order valence-electron chi connectivity index (χ0n) is 16.3. The molecule has 1 aromatic heterocycles. The Bertz CT molecular complexity index is 1050. The van der Waals surface area contributed by atoms with E-state index in [1.54, 1.807) is 38.1 Å². The van der Waals surface area contributed by atoms with Crippen LogP contribution in [0.5, 0.6) is 0 Å². The first-order valence-corrected chi connectivity index (χ1v) is 9.08. The van der Waals surface area contributed by atoms with E-state index >= 15 is 0 Å². The van der Waals surface area contributed by atoms with Gasteiger partial charge >= 0.3 is 6.18 Å². The Labute approximate surface area is 171 Å². The van der Waals surface area contributed by atoms with E-state index < -0.39 is 23.7 Å². The third-order valence-electron chi connectivity index (χ3n) is 4.52. The molecule has 30 heavy (non-hydrogen) atoms. The highest BCUT2D eigenvalue weighted by atomic mass is 19.4. The molecule has 0 aliphatic heterocycles. The number of alkyl halides is 3. The summed E-state index contributed by atoms with van der Waals surface area (Å²) < 4.78 is 40.4. The molecule has 0 fully saturated rings. The summed E-state index contributed by atoms with van der Waals surface area (Å²) in [6.07, 6.45) is -3.90. The van der Waals surface area contributed by atoms with E-state index in [0.717, 1.165) is 17.3 Å². The number of nitrogens with one attached hydrogen (secondary N) is 2. The van der Waals surface area contributed by atoms with E-state index in [0.29, 0.717) is 5.69 Å². The molecule has 0 bridgehead atoms. The van der Waals surface area contributed by atoms with Crippen LogP contribution in [0.1, 0.15) is 40.0 Å². The van der Waals surface area contributed by atoms with Crippen molar-refractivity contribution in [1.29, 1.82) is 0 Å². The number of amides is 1. The molecule has 2 aromatic carbocycles. The number of nitrogens with zero attached hydrogens (tertiary/aromatic N) is 2. The van der Waals surface area contributed by atoms with E-state index in [4.69, 9.17) is 5.73 Å². The second kappa shape index (κ2) is 8.40. The number of carbonyl (C=O) groups is 1. The highest BCUT2D eigenvalue weighted by molar-refractivity contribution is 5.94. The van der Waals surface area contributed by atoms with Crippen molar-refractivity contribution in [2.45, 2.75) is 26.1 Å². The van der Waals surface area contributed by atoms with Crippen molar-refractivity contribution in [3.63, 3.8) is 0 Å².